The molecule has 0 fully saturated rings. The second kappa shape index (κ2) is 8.66. The van der Waals surface area contributed by atoms with E-state index < -0.39 is 0 Å². The highest BCUT2D eigenvalue weighted by Gasteiger charge is 2.13. The van der Waals surface area contributed by atoms with E-state index >= 15 is 0 Å². The number of hydrogen-bond donors (Lipinski definition) is 2. The van der Waals surface area contributed by atoms with Gasteiger partial charge in [0.25, 0.3) is 0 Å². The van der Waals surface area contributed by atoms with E-state index in [0.29, 0.717) is 19.8 Å². The largest absolute Gasteiger partial charge is 0.379 e. The van der Waals surface area contributed by atoms with E-state index in [1.165, 1.54) is 5.56 Å². The van der Waals surface area contributed by atoms with Crippen molar-refractivity contribution < 1.29 is 9.53 Å². The molecule has 0 bridgehead atoms. The lowest BCUT2D eigenvalue weighted by Gasteiger charge is -2.14. The zero-order chi connectivity index (χ0) is 13.2. The summed E-state index contributed by atoms with van der Waals surface area (Å²) in [7, 11) is 0. The lowest BCUT2D eigenvalue weighted by molar-refractivity contribution is -0.121. The molecule has 0 aliphatic heterocycles. The Kier molecular flexibility index (Phi) is 7.06. The minimum Gasteiger partial charge on any atom is -0.379 e. The highest BCUT2D eigenvalue weighted by atomic mass is 16.5. The fourth-order valence-corrected chi connectivity index (χ4v) is 1.71. The first-order chi connectivity index (χ1) is 8.74. The highest BCUT2D eigenvalue weighted by Crippen LogP contribution is 2.02. The number of amides is 1. The van der Waals surface area contributed by atoms with Crippen LogP contribution in [0.5, 0.6) is 0 Å². The molecular weight excluding hydrogens is 228 g/mol. The monoisotopic (exact) mass is 250 g/mol. The van der Waals surface area contributed by atoms with Crippen LogP contribution in [0.25, 0.3) is 0 Å². The molecule has 4 nitrogen and oxygen atoms in total. The van der Waals surface area contributed by atoms with Crippen LogP contribution in [0.1, 0.15) is 18.9 Å². The van der Waals surface area contributed by atoms with Crippen LogP contribution in [0.2, 0.25) is 0 Å². The van der Waals surface area contributed by atoms with Crippen LogP contribution in [-0.4, -0.2) is 31.7 Å². The van der Waals surface area contributed by atoms with E-state index in [-0.39, 0.29) is 11.9 Å². The van der Waals surface area contributed by atoms with Crippen molar-refractivity contribution in [1.29, 1.82) is 0 Å². The Labute approximate surface area is 109 Å². The van der Waals surface area contributed by atoms with E-state index in [2.05, 4.69) is 17.4 Å². The third-order valence-corrected chi connectivity index (χ3v) is 2.68. The van der Waals surface area contributed by atoms with Crippen molar-refractivity contribution in [3.8, 4) is 0 Å². The number of rotatable bonds is 9. The Hall–Kier alpha value is -1.39. The Morgan fingerprint density at radius 2 is 2.11 bits per heavy atom. The topological polar surface area (TPSA) is 64.3 Å². The fourth-order valence-electron chi connectivity index (χ4n) is 1.71. The van der Waals surface area contributed by atoms with Gasteiger partial charge in [0, 0.05) is 6.61 Å². The van der Waals surface area contributed by atoms with Crippen molar-refractivity contribution in [3.05, 3.63) is 35.9 Å². The molecule has 0 aromatic heterocycles. The summed E-state index contributed by atoms with van der Waals surface area (Å²) < 4.78 is 5.47. The summed E-state index contributed by atoms with van der Waals surface area (Å²) >= 11 is 0. The van der Waals surface area contributed by atoms with Crippen LogP contribution in [0, 0.1) is 0 Å². The van der Waals surface area contributed by atoms with E-state index in [4.69, 9.17) is 10.5 Å². The Balaban J connectivity index is 2.12. The number of primary amides is 1. The molecule has 0 spiro atoms. The Morgan fingerprint density at radius 3 is 2.72 bits per heavy atom. The van der Waals surface area contributed by atoms with Gasteiger partial charge in [-0.05, 0) is 24.9 Å². The third kappa shape index (κ3) is 5.80. The van der Waals surface area contributed by atoms with Gasteiger partial charge in [-0.2, -0.15) is 0 Å². The molecule has 4 heteroatoms. The smallest absolute Gasteiger partial charge is 0.236 e. The quantitative estimate of drug-likeness (QED) is 0.645. The highest BCUT2D eigenvalue weighted by molar-refractivity contribution is 5.79. The summed E-state index contributed by atoms with van der Waals surface area (Å²) in [6.07, 6.45) is 1.94. The molecule has 18 heavy (non-hydrogen) atoms. The fraction of sp³-hybridized carbons (Fsp3) is 0.500. The predicted octanol–water partition coefficient (Wildman–Crippen LogP) is 1.10. The number of benzene rings is 1. The summed E-state index contributed by atoms with van der Waals surface area (Å²) in [6, 6.07) is 9.89. The van der Waals surface area contributed by atoms with Crippen molar-refractivity contribution >= 4 is 5.91 Å². The zero-order valence-electron chi connectivity index (χ0n) is 10.9. The number of nitrogens with one attached hydrogen (secondary N) is 1. The SMILES string of the molecule is CCNC(COCCCc1ccccc1)C(N)=O. The van der Waals surface area contributed by atoms with Gasteiger partial charge in [0.2, 0.25) is 5.91 Å². The van der Waals surface area contributed by atoms with Gasteiger partial charge in [0.1, 0.15) is 6.04 Å². The number of carbonyl (C=O) groups excluding carboxylic acids is 1. The van der Waals surface area contributed by atoms with Gasteiger partial charge in [-0.25, -0.2) is 0 Å². The summed E-state index contributed by atoms with van der Waals surface area (Å²) in [4.78, 5) is 11.1. The molecule has 1 aromatic rings. The molecule has 100 valence electrons. The van der Waals surface area contributed by atoms with Gasteiger partial charge in [0.15, 0.2) is 0 Å². The maximum atomic E-state index is 11.1. The second-order valence-electron chi connectivity index (χ2n) is 4.18. The van der Waals surface area contributed by atoms with Crippen molar-refractivity contribution in [2.24, 2.45) is 5.73 Å². The average molecular weight is 250 g/mol. The van der Waals surface area contributed by atoms with E-state index in [1.54, 1.807) is 0 Å². The first-order valence-corrected chi connectivity index (χ1v) is 6.38. The summed E-state index contributed by atoms with van der Waals surface area (Å²) in [6.45, 7) is 3.63. The molecule has 1 amide bonds. The Morgan fingerprint density at radius 1 is 1.39 bits per heavy atom. The van der Waals surface area contributed by atoms with Gasteiger partial charge < -0.3 is 15.8 Å². The minimum atomic E-state index is -0.383. The summed E-state index contributed by atoms with van der Waals surface area (Å²) in [5.41, 5.74) is 6.55. The standard InChI is InChI=1S/C14H22N2O2/c1-2-16-13(14(15)17)11-18-10-6-9-12-7-4-3-5-8-12/h3-5,7-8,13,16H,2,6,9-11H2,1H3,(H2,15,17). The molecule has 1 aromatic carbocycles. The summed E-state index contributed by atoms with van der Waals surface area (Å²) in [5.74, 6) is -0.361. The van der Waals surface area contributed by atoms with Crippen LogP contribution in [0.4, 0.5) is 0 Å². The maximum absolute atomic E-state index is 11.1. The first-order valence-electron chi connectivity index (χ1n) is 6.38. The van der Waals surface area contributed by atoms with E-state index in [9.17, 15) is 4.79 Å². The van der Waals surface area contributed by atoms with Crippen LogP contribution in [0.3, 0.4) is 0 Å². The third-order valence-electron chi connectivity index (χ3n) is 2.68. The Bertz CT molecular complexity index is 341. The second-order valence-corrected chi connectivity index (χ2v) is 4.18. The zero-order valence-corrected chi connectivity index (χ0v) is 10.9. The molecular formula is C14H22N2O2. The minimum absolute atomic E-state index is 0.345. The van der Waals surface area contributed by atoms with Gasteiger partial charge in [-0.15, -0.1) is 0 Å². The molecule has 0 aliphatic carbocycles. The molecule has 0 heterocycles. The predicted molar refractivity (Wildman–Crippen MR) is 72.2 cm³/mol. The molecule has 0 aliphatic rings. The first kappa shape index (κ1) is 14.7. The van der Waals surface area contributed by atoms with Crippen molar-refractivity contribution in [3.63, 3.8) is 0 Å². The molecule has 1 atom stereocenters. The molecule has 0 saturated heterocycles. The van der Waals surface area contributed by atoms with Crippen LogP contribution >= 0.6 is 0 Å². The molecule has 1 rings (SSSR count). The van der Waals surface area contributed by atoms with Gasteiger partial charge in [-0.3, -0.25) is 4.79 Å². The van der Waals surface area contributed by atoms with Crippen molar-refractivity contribution in [1.82, 2.24) is 5.32 Å². The lowest BCUT2D eigenvalue weighted by atomic mass is 10.1. The average Bonchev–Trinajstić information content (AvgIpc) is 2.38. The van der Waals surface area contributed by atoms with Crippen molar-refractivity contribution in [2.75, 3.05) is 19.8 Å². The normalized spacial score (nSPS) is 12.3. The van der Waals surface area contributed by atoms with Gasteiger partial charge in [-0.1, -0.05) is 37.3 Å². The molecule has 1 unspecified atom stereocenters. The van der Waals surface area contributed by atoms with Gasteiger partial charge >= 0.3 is 0 Å². The number of likely N-dealkylation sites (N-methyl/N-ethyl adjacent to an activating group) is 1. The van der Waals surface area contributed by atoms with E-state index in [0.717, 1.165) is 12.8 Å². The number of ether oxygens (including phenoxy) is 1. The number of nitrogens with two attached hydrogens (primary N) is 1. The summed E-state index contributed by atoms with van der Waals surface area (Å²) in [5, 5.41) is 2.99. The number of hydrogen-bond acceptors (Lipinski definition) is 3. The number of carbonyl (C=O) groups is 1. The van der Waals surface area contributed by atoms with Crippen molar-refractivity contribution in [2.45, 2.75) is 25.8 Å². The van der Waals surface area contributed by atoms with E-state index in [1.807, 2.05) is 25.1 Å². The van der Waals surface area contributed by atoms with Crippen LogP contribution < -0.4 is 11.1 Å². The maximum Gasteiger partial charge on any atom is 0.236 e. The molecule has 0 saturated carbocycles. The molecule has 3 N–H and O–H groups in total. The number of aryl methyl sites for hydroxylation is 1. The lowest BCUT2D eigenvalue weighted by Crippen LogP contribution is -2.44. The molecule has 0 radical (unpaired) electrons. The van der Waals surface area contributed by atoms with Crippen LogP contribution in [0.15, 0.2) is 30.3 Å². The van der Waals surface area contributed by atoms with Crippen LogP contribution in [-0.2, 0) is 16.0 Å². The van der Waals surface area contributed by atoms with Gasteiger partial charge in [0.05, 0.1) is 6.61 Å².